The number of alkyl halides is 1. The molecule has 0 saturated carbocycles. The molecule has 1 aromatic heterocycles. The number of likely N-dealkylation sites (tertiary alicyclic amines) is 1. The highest BCUT2D eigenvalue weighted by atomic mass is 35.5. The zero-order chi connectivity index (χ0) is 13.0. The summed E-state index contributed by atoms with van der Waals surface area (Å²) < 4.78 is 0. The number of amides is 1. The van der Waals surface area contributed by atoms with Crippen LogP contribution in [0.3, 0.4) is 0 Å². The molecule has 1 atom stereocenters. The van der Waals surface area contributed by atoms with Crippen molar-refractivity contribution in [2.45, 2.75) is 19.3 Å². The minimum Gasteiger partial charge on any atom is -0.505 e. The van der Waals surface area contributed by atoms with Crippen LogP contribution < -0.4 is 0 Å². The molecule has 0 radical (unpaired) electrons. The molecule has 0 aromatic carbocycles. The molecule has 2 heterocycles. The number of carbonyl (C=O) groups is 1. The van der Waals surface area contributed by atoms with Gasteiger partial charge in [0, 0.05) is 25.2 Å². The van der Waals surface area contributed by atoms with E-state index in [4.69, 9.17) is 11.6 Å². The summed E-state index contributed by atoms with van der Waals surface area (Å²) >= 11 is 5.75. The first-order valence-electron chi connectivity index (χ1n) is 6.20. The molecule has 2 rings (SSSR count). The average Bonchev–Trinajstić information content (AvgIpc) is 2.39. The first-order chi connectivity index (χ1) is 8.72. The molecular formula is C13H17ClN2O2. The predicted octanol–water partition coefficient (Wildman–Crippen LogP) is 2.27. The Bertz CT molecular complexity index is 423. The van der Waals surface area contributed by atoms with Crippen LogP contribution in [0.15, 0.2) is 18.5 Å². The van der Waals surface area contributed by atoms with Gasteiger partial charge in [0.15, 0.2) is 0 Å². The van der Waals surface area contributed by atoms with Crippen molar-refractivity contribution < 1.29 is 9.90 Å². The van der Waals surface area contributed by atoms with Crippen LogP contribution in [0.4, 0.5) is 0 Å². The fraction of sp³-hybridized carbons (Fsp3) is 0.538. The Balaban J connectivity index is 2.07. The van der Waals surface area contributed by atoms with Gasteiger partial charge in [-0.3, -0.25) is 9.78 Å². The third-order valence-electron chi connectivity index (χ3n) is 3.35. The molecule has 0 spiro atoms. The second kappa shape index (κ2) is 6.05. The normalized spacial score (nSPS) is 19.8. The van der Waals surface area contributed by atoms with Crippen molar-refractivity contribution in [3.05, 3.63) is 24.0 Å². The Hall–Kier alpha value is -1.29. The topological polar surface area (TPSA) is 53.4 Å². The second-order valence-electron chi connectivity index (χ2n) is 4.63. The zero-order valence-electron chi connectivity index (χ0n) is 10.2. The Morgan fingerprint density at radius 2 is 2.44 bits per heavy atom. The lowest BCUT2D eigenvalue weighted by molar-refractivity contribution is 0.0668. The molecule has 1 amide bonds. The molecular weight excluding hydrogens is 252 g/mol. The van der Waals surface area contributed by atoms with Crippen molar-refractivity contribution >= 4 is 17.5 Å². The first-order valence-corrected chi connectivity index (χ1v) is 6.74. The third-order valence-corrected chi connectivity index (χ3v) is 3.57. The van der Waals surface area contributed by atoms with Gasteiger partial charge in [-0.05, 0) is 31.2 Å². The Labute approximate surface area is 112 Å². The molecule has 1 aliphatic heterocycles. The maximum absolute atomic E-state index is 12.3. The van der Waals surface area contributed by atoms with E-state index in [9.17, 15) is 9.90 Å². The minimum absolute atomic E-state index is 0.0537. The van der Waals surface area contributed by atoms with Gasteiger partial charge in [-0.15, -0.1) is 11.6 Å². The van der Waals surface area contributed by atoms with E-state index in [2.05, 4.69) is 4.98 Å². The molecule has 1 aliphatic rings. The summed E-state index contributed by atoms with van der Waals surface area (Å²) in [7, 11) is 0. The minimum atomic E-state index is -0.117. The largest absolute Gasteiger partial charge is 0.505 e. The maximum atomic E-state index is 12.3. The van der Waals surface area contributed by atoms with Crippen LogP contribution in [0.25, 0.3) is 0 Å². The Morgan fingerprint density at radius 1 is 1.61 bits per heavy atom. The van der Waals surface area contributed by atoms with E-state index in [0.29, 0.717) is 17.4 Å². The smallest absolute Gasteiger partial charge is 0.257 e. The third kappa shape index (κ3) is 2.93. The molecule has 0 bridgehead atoms. The summed E-state index contributed by atoms with van der Waals surface area (Å²) in [5.41, 5.74) is 0.330. The van der Waals surface area contributed by atoms with Gasteiger partial charge in [-0.1, -0.05) is 0 Å². The van der Waals surface area contributed by atoms with E-state index in [0.717, 1.165) is 32.4 Å². The lowest BCUT2D eigenvalue weighted by Crippen LogP contribution is -2.40. The number of carbonyl (C=O) groups excluding carboxylic acids is 1. The van der Waals surface area contributed by atoms with Crippen LogP contribution in [0.5, 0.6) is 5.75 Å². The molecule has 98 valence electrons. The van der Waals surface area contributed by atoms with Gasteiger partial charge in [-0.25, -0.2) is 0 Å². The molecule has 1 unspecified atom stereocenters. The summed E-state index contributed by atoms with van der Waals surface area (Å²) in [5.74, 6) is 0.938. The van der Waals surface area contributed by atoms with Crippen molar-refractivity contribution in [1.29, 1.82) is 0 Å². The summed E-state index contributed by atoms with van der Waals surface area (Å²) in [5, 5.41) is 9.65. The van der Waals surface area contributed by atoms with Gasteiger partial charge in [-0.2, -0.15) is 0 Å². The number of nitrogens with zero attached hydrogens (tertiary/aromatic N) is 2. The summed E-state index contributed by atoms with van der Waals surface area (Å²) in [6, 6.07) is 1.56. The van der Waals surface area contributed by atoms with Crippen LogP contribution in [0.1, 0.15) is 29.6 Å². The molecule has 1 saturated heterocycles. The second-order valence-corrected chi connectivity index (χ2v) is 5.01. The van der Waals surface area contributed by atoms with Crippen LogP contribution in [0, 0.1) is 5.92 Å². The summed E-state index contributed by atoms with van der Waals surface area (Å²) in [4.78, 5) is 17.9. The highest BCUT2D eigenvalue weighted by molar-refractivity contribution is 6.17. The van der Waals surface area contributed by atoms with Crippen LogP contribution in [0.2, 0.25) is 0 Å². The lowest BCUT2D eigenvalue weighted by Gasteiger charge is -2.32. The van der Waals surface area contributed by atoms with Crippen molar-refractivity contribution in [2.24, 2.45) is 5.92 Å². The predicted molar refractivity (Wildman–Crippen MR) is 69.9 cm³/mol. The summed E-state index contributed by atoms with van der Waals surface area (Å²) in [6.07, 6.45) is 5.88. The first kappa shape index (κ1) is 13.1. The van der Waals surface area contributed by atoms with Gasteiger partial charge in [0.05, 0.1) is 11.8 Å². The number of hydrogen-bond donors (Lipinski definition) is 1. The van der Waals surface area contributed by atoms with Crippen molar-refractivity contribution in [3.8, 4) is 5.75 Å². The summed E-state index contributed by atoms with van der Waals surface area (Å²) in [6.45, 7) is 1.48. The van der Waals surface area contributed by atoms with Crippen molar-refractivity contribution in [2.75, 3.05) is 19.0 Å². The monoisotopic (exact) mass is 268 g/mol. The van der Waals surface area contributed by atoms with Gasteiger partial charge in [0.2, 0.25) is 0 Å². The van der Waals surface area contributed by atoms with Gasteiger partial charge in [0.25, 0.3) is 5.91 Å². The number of hydrogen-bond acceptors (Lipinski definition) is 3. The molecule has 1 aromatic rings. The van der Waals surface area contributed by atoms with E-state index >= 15 is 0 Å². The van der Waals surface area contributed by atoms with E-state index < -0.39 is 0 Å². The fourth-order valence-corrected chi connectivity index (χ4v) is 2.69. The molecule has 5 heteroatoms. The number of halogens is 1. The van der Waals surface area contributed by atoms with Gasteiger partial charge >= 0.3 is 0 Å². The average molecular weight is 269 g/mol. The van der Waals surface area contributed by atoms with Gasteiger partial charge in [0.1, 0.15) is 5.75 Å². The Morgan fingerprint density at radius 3 is 3.17 bits per heavy atom. The fourth-order valence-electron chi connectivity index (χ4n) is 2.38. The number of pyridine rings is 1. The zero-order valence-corrected chi connectivity index (χ0v) is 10.9. The molecule has 4 nitrogen and oxygen atoms in total. The quantitative estimate of drug-likeness (QED) is 0.856. The van der Waals surface area contributed by atoms with E-state index in [-0.39, 0.29) is 11.7 Å². The number of aromatic nitrogens is 1. The molecule has 1 N–H and O–H groups in total. The molecule has 1 fully saturated rings. The number of rotatable bonds is 3. The molecule has 0 aliphatic carbocycles. The standard InChI is InChI=1S/C13H17ClN2O2/c14-5-3-10-2-1-7-16(9-10)13(18)11-4-6-15-8-12(11)17/h4,6,8,10,17H,1-3,5,7,9H2. The van der Waals surface area contributed by atoms with Crippen molar-refractivity contribution in [1.82, 2.24) is 9.88 Å². The highest BCUT2D eigenvalue weighted by Gasteiger charge is 2.25. The van der Waals surface area contributed by atoms with Crippen LogP contribution in [-0.2, 0) is 0 Å². The Kier molecular flexibility index (Phi) is 4.42. The van der Waals surface area contributed by atoms with E-state index in [1.807, 2.05) is 0 Å². The van der Waals surface area contributed by atoms with E-state index in [1.54, 1.807) is 11.0 Å². The molecule has 18 heavy (non-hydrogen) atoms. The lowest BCUT2D eigenvalue weighted by atomic mass is 9.95. The van der Waals surface area contributed by atoms with E-state index in [1.165, 1.54) is 12.4 Å². The van der Waals surface area contributed by atoms with Crippen LogP contribution >= 0.6 is 11.6 Å². The number of piperidine rings is 1. The van der Waals surface area contributed by atoms with Crippen molar-refractivity contribution in [3.63, 3.8) is 0 Å². The maximum Gasteiger partial charge on any atom is 0.257 e. The van der Waals surface area contributed by atoms with Gasteiger partial charge < -0.3 is 10.0 Å². The number of aromatic hydroxyl groups is 1. The SMILES string of the molecule is O=C(c1ccncc1O)N1CCCC(CCCl)C1. The highest BCUT2D eigenvalue weighted by Crippen LogP contribution is 2.23. The van der Waals surface area contributed by atoms with Crippen LogP contribution in [-0.4, -0.2) is 39.9 Å².